The smallest absolute Gasteiger partial charge is 0.161 e. The summed E-state index contributed by atoms with van der Waals surface area (Å²) < 4.78 is 57.7. The molecule has 2 rings (SSSR count). The molecular formula is C14H10F4O2. The van der Waals surface area contributed by atoms with Gasteiger partial charge in [0.25, 0.3) is 0 Å². The van der Waals surface area contributed by atoms with E-state index in [2.05, 4.69) is 0 Å². The molecule has 0 amide bonds. The van der Waals surface area contributed by atoms with Crippen molar-refractivity contribution in [3.8, 4) is 5.75 Å². The van der Waals surface area contributed by atoms with E-state index in [1.807, 2.05) is 0 Å². The number of rotatable bonds is 3. The van der Waals surface area contributed by atoms with Gasteiger partial charge in [0.2, 0.25) is 0 Å². The van der Waals surface area contributed by atoms with Gasteiger partial charge in [-0.25, -0.2) is 17.6 Å². The van der Waals surface area contributed by atoms with Crippen molar-refractivity contribution < 1.29 is 27.4 Å². The molecule has 0 spiro atoms. The fourth-order valence-corrected chi connectivity index (χ4v) is 1.83. The van der Waals surface area contributed by atoms with E-state index in [9.17, 15) is 22.7 Å². The van der Waals surface area contributed by atoms with Crippen molar-refractivity contribution in [2.75, 3.05) is 7.11 Å². The molecule has 0 aliphatic heterocycles. The van der Waals surface area contributed by atoms with E-state index in [0.29, 0.717) is 12.1 Å². The molecule has 1 unspecified atom stereocenters. The average molecular weight is 286 g/mol. The standard InChI is InChI=1S/C14H10F4O2/c1-20-13-3-2-7(15)4-9(13)14(19)8-5-11(17)12(18)6-10(8)16/h2-6,14,19H,1H3. The molecule has 0 radical (unpaired) electrons. The van der Waals surface area contributed by atoms with Gasteiger partial charge in [0.15, 0.2) is 11.6 Å². The van der Waals surface area contributed by atoms with Crippen molar-refractivity contribution in [3.05, 3.63) is 64.7 Å². The lowest BCUT2D eigenvalue weighted by Gasteiger charge is -2.16. The Balaban J connectivity index is 2.54. The molecule has 0 saturated heterocycles. The van der Waals surface area contributed by atoms with Crippen LogP contribution in [0.3, 0.4) is 0 Å². The van der Waals surface area contributed by atoms with E-state index in [1.54, 1.807) is 0 Å². The Morgan fingerprint density at radius 2 is 1.55 bits per heavy atom. The van der Waals surface area contributed by atoms with E-state index in [4.69, 9.17) is 4.74 Å². The first-order chi connectivity index (χ1) is 9.43. The highest BCUT2D eigenvalue weighted by Crippen LogP contribution is 2.32. The summed E-state index contributed by atoms with van der Waals surface area (Å²) in [5, 5.41) is 10.0. The van der Waals surface area contributed by atoms with Crippen molar-refractivity contribution in [1.29, 1.82) is 0 Å². The molecule has 1 atom stereocenters. The molecule has 0 heterocycles. The molecular weight excluding hydrogens is 276 g/mol. The lowest BCUT2D eigenvalue weighted by molar-refractivity contribution is 0.208. The molecule has 0 saturated carbocycles. The Morgan fingerprint density at radius 1 is 0.900 bits per heavy atom. The maximum atomic E-state index is 13.6. The number of hydrogen-bond acceptors (Lipinski definition) is 2. The van der Waals surface area contributed by atoms with Gasteiger partial charge in [-0.05, 0) is 24.3 Å². The number of aliphatic hydroxyl groups is 1. The van der Waals surface area contributed by atoms with Crippen molar-refractivity contribution in [3.63, 3.8) is 0 Å². The van der Waals surface area contributed by atoms with Crippen LogP contribution in [0.25, 0.3) is 0 Å². The zero-order valence-corrected chi connectivity index (χ0v) is 10.3. The predicted molar refractivity (Wildman–Crippen MR) is 63.3 cm³/mol. The summed E-state index contributed by atoms with van der Waals surface area (Å²) >= 11 is 0. The minimum absolute atomic E-state index is 0.0857. The molecule has 20 heavy (non-hydrogen) atoms. The van der Waals surface area contributed by atoms with Gasteiger partial charge >= 0.3 is 0 Å². The van der Waals surface area contributed by atoms with Crippen molar-refractivity contribution >= 4 is 0 Å². The van der Waals surface area contributed by atoms with Crippen LogP contribution in [-0.4, -0.2) is 12.2 Å². The summed E-state index contributed by atoms with van der Waals surface area (Å²) in [6, 6.07) is 4.12. The zero-order chi connectivity index (χ0) is 14.9. The largest absolute Gasteiger partial charge is 0.496 e. The third kappa shape index (κ3) is 2.60. The van der Waals surface area contributed by atoms with Crippen LogP contribution in [0.4, 0.5) is 17.6 Å². The van der Waals surface area contributed by atoms with Gasteiger partial charge in [-0.3, -0.25) is 0 Å². The third-order valence-electron chi connectivity index (χ3n) is 2.82. The molecule has 1 N–H and O–H groups in total. The van der Waals surface area contributed by atoms with Crippen LogP contribution in [0.2, 0.25) is 0 Å². The lowest BCUT2D eigenvalue weighted by Crippen LogP contribution is -2.07. The molecule has 2 aromatic rings. The van der Waals surface area contributed by atoms with Crippen LogP contribution in [0.15, 0.2) is 30.3 Å². The highest BCUT2D eigenvalue weighted by molar-refractivity contribution is 5.41. The molecule has 0 aliphatic rings. The van der Waals surface area contributed by atoms with Gasteiger partial charge in [0.1, 0.15) is 23.5 Å². The van der Waals surface area contributed by atoms with Crippen LogP contribution in [0, 0.1) is 23.3 Å². The van der Waals surface area contributed by atoms with Crippen LogP contribution in [0.1, 0.15) is 17.2 Å². The Labute approximate surface area is 112 Å². The fraction of sp³-hybridized carbons (Fsp3) is 0.143. The van der Waals surface area contributed by atoms with Gasteiger partial charge < -0.3 is 9.84 Å². The maximum absolute atomic E-state index is 13.6. The Hall–Kier alpha value is -2.08. The lowest BCUT2D eigenvalue weighted by atomic mass is 9.99. The molecule has 0 fully saturated rings. The van der Waals surface area contributed by atoms with Crippen molar-refractivity contribution in [2.45, 2.75) is 6.10 Å². The van der Waals surface area contributed by atoms with E-state index < -0.39 is 34.9 Å². The van der Waals surface area contributed by atoms with Gasteiger partial charge in [-0.15, -0.1) is 0 Å². The SMILES string of the molecule is COc1ccc(F)cc1C(O)c1cc(F)c(F)cc1F. The molecule has 2 aromatic carbocycles. The predicted octanol–water partition coefficient (Wildman–Crippen LogP) is 3.33. The number of aliphatic hydroxyl groups excluding tert-OH is 1. The monoisotopic (exact) mass is 286 g/mol. The van der Waals surface area contributed by atoms with Gasteiger partial charge in [-0.1, -0.05) is 0 Å². The number of methoxy groups -OCH3 is 1. The van der Waals surface area contributed by atoms with E-state index in [1.165, 1.54) is 13.2 Å². The molecule has 6 heteroatoms. The van der Waals surface area contributed by atoms with E-state index >= 15 is 0 Å². The zero-order valence-electron chi connectivity index (χ0n) is 10.3. The van der Waals surface area contributed by atoms with E-state index in [0.717, 1.165) is 12.1 Å². The first-order valence-corrected chi connectivity index (χ1v) is 5.60. The highest BCUT2D eigenvalue weighted by Gasteiger charge is 2.22. The maximum Gasteiger partial charge on any atom is 0.161 e. The van der Waals surface area contributed by atoms with Crippen LogP contribution >= 0.6 is 0 Å². The summed E-state index contributed by atoms with van der Waals surface area (Å²) in [7, 11) is 1.28. The minimum Gasteiger partial charge on any atom is -0.496 e. The van der Waals surface area contributed by atoms with Gasteiger partial charge in [0, 0.05) is 17.2 Å². The fourth-order valence-electron chi connectivity index (χ4n) is 1.83. The first kappa shape index (κ1) is 14.3. The van der Waals surface area contributed by atoms with Crippen LogP contribution in [0.5, 0.6) is 5.75 Å². The molecule has 0 bridgehead atoms. The number of halogens is 4. The molecule has 2 nitrogen and oxygen atoms in total. The van der Waals surface area contributed by atoms with Gasteiger partial charge in [-0.2, -0.15) is 0 Å². The highest BCUT2D eigenvalue weighted by atomic mass is 19.2. The second-order valence-corrected chi connectivity index (χ2v) is 4.08. The Morgan fingerprint density at radius 3 is 2.20 bits per heavy atom. The topological polar surface area (TPSA) is 29.5 Å². The quantitative estimate of drug-likeness (QED) is 0.692. The second kappa shape index (κ2) is 5.50. The molecule has 0 aliphatic carbocycles. The third-order valence-corrected chi connectivity index (χ3v) is 2.82. The first-order valence-electron chi connectivity index (χ1n) is 5.60. The van der Waals surface area contributed by atoms with E-state index in [-0.39, 0.29) is 11.3 Å². The Bertz CT molecular complexity index is 643. The van der Waals surface area contributed by atoms with Gasteiger partial charge in [0.05, 0.1) is 7.11 Å². The summed E-state index contributed by atoms with van der Waals surface area (Å²) in [6.45, 7) is 0. The van der Waals surface area contributed by atoms with Crippen molar-refractivity contribution in [2.24, 2.45) is 0 Å². The number of hydrogen-bond donors (Lipinski definition) is 1. The van der Waals surface area contributed by atoms with Crippen LogP contribution < -0.4 is 4.74 Å². The summed E-state index contributed by atoms with van der Waals surface area (Å²) in [5.74, 6) is -4.39. The number of ether oxygens (including phenoxy) is 1. The summed E-state index contributed by atoms with van der Waals surface area (Å²) in [6.07, 6.45) is -1.68. The molecule has 0 aromatic heterocycles. The Kier molecular flexibility index (Phi) is 3.94. The second-order valence-electron chi connectivity index (χ2n) is 4.08. The summed E-state index contributed by atoms with van der Waals surface area (Å²) in [5.41, 5.74) is -0.592. The van der Waals surface area contributed by atoms with Crippen LogP contribution in [-0.2, 0) is 0 Å². The number of benzene rings is 2. The minimum atomic E-state index is -1.68. The average Bonchev–Trinajstić information content (AvgIpc) is 2.42. The van der Waals surface area contributed by atoms with Crippen molar-refractivity contribution in [1.82, 2.24) is 0 Å². The normalized spacial score (nSPS) is 12.3. The summed E-state index contributed by atoms with van der Waals surface area (Å²) in [4.78, 5) is 0. The molecule has 106 valence electrons.